The second-order valence-corrected chi connectivity index (χ2v) is 6.16. The first-order chi connectivity index (χ1) is 9.70. The summed E-state index contributed by atoms with van der Waals surface area (Å²) in [6.07, 6.45) is -3.52. The highest BCUT2D eigenvalue weighted by atomic mass is 127. The molecular weight excluding hydrogens is 405 g/mol. The number of hydrogen-bond donors (Lipinski definition) is 1. The summed E-state index contributed by atoms with van der Waals surface area (Å²) >= 11 is 2.05. The van der Waals surface area contributed by atoms with Crippen molar-refractivity contribution in [3.05, 3.63) is 29.1 Å². The van der Waals surface area contributed by atoms with Gasteiger partial charge in [0.2, 0.25) is 0 Å². The average molecular weight is 415 g/mol. The van der Waals surface area contributed by atoms with E-state index >= 15 is 0 Å². The number of nitrogens with one attached hydrogen (secondary N) is 1. The Morgan fingerprint density at radius 2 is 2.00 bits per heavy atom. The fourth-order valence-corrected chi connectivity index (χ4v) is 3.07. The summed E-state index contributed by atoms with van der Waals surface area (Å²) in [6, 6.07) is 2.02. The van der Waals surface area contributed by atoms with Crippen molar-refractivity contribution in [3.63, 3.8) is 0 Å². The van der Waals surface area contributed by atoms with Crippen LogP contribution in [0.15, 0.2) is 12.1 Å². The van der Waals surface area contributed by atoms with Gasteiger partial charge in [-0.05, 0) is 30.5 Å². The molecule has 1 unspecified atom stereocenters. The highest BCUT2D eigenvalue weighted by Crippen LogP contribution is 2.37. The maximum atomic E-state index is 13.8. The lowest BCUT2D eigenvalue weighted by Crippen LogP contribution is -2.30. The Bertz CT molecular complexity index is 601. The van der Waals surface area contributed by atoms with Gasteiger partial charge < -0.3 is 5.32 Å². The molecule has 0 fully saturated rings. The maximum Gasteiger partial charge on any atom is 0.471 e. The lowest BCUT2D eigenvalue weighted by molar-refractivity contribution is -0.167. The molecule has 1 aliphatic rings. The molecule has 0 radical (unpaired) electrons. The predicted molar refractivity (Wildman–Crippen MR) is 76.0 cm³/mol. The van der Waals surface area contributed by atoms with Gasteiger partial charge in [-0.25, -0.2) is 4.39 Å². The third kappa shape index (κ3) is 3.53. The topological polar surface area (TPSA) is 46.2 Å². The summed E-state index contributed by atoms with van der Waals surface area (Å²) in [7, 11) is 0. The number of anilines is 1. The Kier molecular flexibility index (Phi) is 4.54. The van der Waals surface area contributed by atoms with E-state index in [0.29, 0.717) is 18.4 Å². The van der Waals surface area contributed by atoms with Crippen LogP contribution in [-0.2, 0) is 4.79 Å². The second kappa shape index (κ2) is 5.90. The molecule has 0 saturated heterocycles. The molecule has 1 atom stereocenters. The number of benzene rings is 1. The molecule has 3 nitrogen and oxygen atoms in total. The Morgan fingerprint density at radius 3 is 2.62 bits per heavy atom. The van der Waals surface area contributed by atoms with Crippen molar-refractivity contribution in [2.24, 2.45) is 0 Å². The van der Waals surface area contributed by atoms with Gasteiger partial charge >= 0.3 is 12.1 Å². The predicted octanol–water partition coefficient (Wildman–Crippen LogP) is 4.17. The quantitative estimate of drug-likeness (QED) is 0.324. The van der Waals surface area contributed by atoms with Crippen molar-refractivity contribution in [2.45, 2.75) is 29.4 Å². The van der Waals surface area contributed by atoms with Crippen LogP contribution in [0.2, 0.25) is 0 Å². The first-order valence-corrected chi connectivity index (χ1v) is 7.33. The van der Waals surface area contributed by atoms with Gasteiger partial charge in [0.15, 0.2) is 5.78 Å². The molecule has 0 aliphatic heterocycles. The van der Waals surface area contributed by atoms with Gasteiger partial charge in [-0.3, -0.25) is 9.59 Å². The van der Waals surface area contributed by atoms with Crippen LogP contribution in [0.4, 0.5) is 23.2 Å². The zero-order chi connectivity index (χ0) is 15.8. The Morgan fingerprint density at radius 1 is 1.33 bits per heavy atom. The SMILES string of the molecule is O=C1CCCC(I)c2cc(NC(=O)C(F)(F)F)c(F)cc21. The molecule has 8 heteroatoms. The normalized spacial score (nSPS) is 18.9. The number of ketones is 1. The molecule has 0 saturated carbocycles. The van der Waals surface area contributed by atoms with Gasteiger partial charge in [-0.1, -0.05) is 22.6 Å². The van der Waals surface area contributed by atoms with Crippen LogP contribution < -0.4 is 5.32 Å². The van der Waals surface area contributed by atoms with Crippen molar-refractivity contribution in [1.29, 1.82) is 0 Å². The van der Waals surface area contributed by atoms with Gasteiger partial charge in [-0.2, -0.15) is 13.2 Å². The lowest BCUT2D eigenvalue weighted by atomic mass is 10.0. The maximum absolute atomic E-state index is 13.8. The minimum Gasteiger partial charge on any atom is -0.316 e. The van der Waals surface area contributed by atoms with Gasteiger partial charge in [0.25, 0.3) is 0 Å². The van der Waals surface area contributed by atoms with E-state index in [-0.39, 0.29) is 21.7 Å². The van der Waals surface area contributed by atoms with Crippen LogP contribution in [-0.4, -0.2) is 17.9 Å². The molecule has 21 heavy (non-hydrogen) atoms. The molecule has 1 N–H and O–H groups in total. The largest absolute Gasteiger partial charge is 0.471 e. The van der Waals surface area contributed by atoms with Crippen molar-refractivity contribution >= 4 is 40.0 Å². The lowest BCUT2D eigenvalue weighted by Gasteiger charge is -2.14. The third-order valence-electron chi connectivity index (χ3n) is 3.14. The van der Waals surface area contributed by atoms with E-state index in [2.05, 4.69) is 22.6 Å². The van der Waals surface area contributed by atoms with Gasteiger partial charge in [0, 0.05) is 15.9 Å². The molecule has 1 aromatic carbocycles. The number of rotatable bonds is 1. The molecule has 0 heterocycles. The van der Waals surface area contributed by atoms with Crippen LogP contribution >= 0.6 is 22.6 Å². The summed E-state index contributed by atoms with van der Waals surface area (Å²) in [5.41, 5.74) is 0.0684. The van der Waals surface area contributed by atoms with Crippen molar-refractivity contribution < 1.29 is 27.2 Å². The van der Waals surface area contributed by atoms with Crippen LogP contribution in [0.5, 0.6) is 0 Å². The molecule has 1 aromatic rings. The number of alkyl halides is 4. The Hall–Kier alpha value is -1.19. The van der Waals surface area contributed by atoms with Crippen LogP contribution in [0.25, 0.3) is 0 Å². The molecule has 114 valence electrons. The molecule has 1 amide bonds. The number of fused-ring (bicyclic) bond motifs is 1. The van der Waals surface area contributed by atoms with E-state index in [4.69, 9.17) is 0 Å². The first kappa shape index (κ1) is 16.2. The smallest absolute Gasteiger partial charge is 0.316 e. The Balaban J connectivity index is 2.42. The third-order valence-corrected chi connectivity index (χ3v) is 4.44. The number of amides is 1. The summed E-state index contributed by atoms with van der Waals surface area (Å²) < 4.78 is 50.4. The standard InChI is InChI=1S/C13H10F4INO2/c14-8-4-7-6(9(18)2-1-3-11(7)20)5-10(8)19-12(21)13(15,16)17/h4-5,9H,1-3H2,(H,19,21). The first-order valence-electron chi connectivity index (χ1n) is 6.09. The van der Waals surface area contributed by atoms with Crippen LogP contribution in [0.1, 0.15) is 39.1 Å². The van der Waals surface area contributed by atoms with E-state index < -0.39 is 23.6 Å². The van der Waals surface area contributed by atoms with Crippen molar-refractivity contribution in [2.75, 3.05) is 5.32 Å². The fourth-order valence-electron chi connectivity index (χ4n) is 2.11. The van der Waals surface area contributed by atoms with E-state index in [1.807, 2.05) is 0 Å². The zero-order valence-electron chi connectivity index (χ0n) is 10.6. The molecule has 0 spiro atoms. The van der Waals surface area contributed by atoms with Crippen LogP contribution in [0, 0.1) is 5.82 Å². The number of carbonyl (C=O) groups is 2. The minimum atomic E-state index is -5.10. The van der Waals surface area contributed by atoms with Crippen molar-refractivity contribution in [3.8, 4) is 0 Å². The summed E-state index contributed by atoms with van der Waals surface area (Å²) in [6.45, 7) is 0. The second-order valence-electron chi connectivity index (χ2n) is 4.65. The number of carbonyl (C=O) groups excluding carboxylic acids is 2. The van der Waals surface area contributed by atoms with Crippen molar-refractivity contribution in [1.82, 2.24) is 0 Å². The zero-order valence-corrected chi connectivity index (χ0v) is 12.7. The number of halogens is 5. The molecule has 1 aliphatic carbocycles. The van der Waals surface area contributed by atoms with Gasteiger partial charge in [-0.15, -0.1) is 0 Å². The molecular formula is C13H10F4INO2. The molecule has 2 rings (SSSR count). The summed E-state index contributed by atoms with van der Waals surface area (Å²) in [5, 5.41) is 1.50. The van der Waals surface area contributed by atoms with Crippen LogP contribution in [0.3, 0.4) is 0 Å². The number of hydrogen-bond acceptors (Lipinski definition) is 2. The molecule has 0 bridgehead atoms. The van der Waals surface area contributed by atoms with E-state index in [9.17, 15) is 27.2 Å². The minimum absolute atomic E-state index is 0.119. The fraction of sp³-hybridized carbons (Fsp3) is 0.385. The van der Waals surface area contributed by atoms with Gasteiger partial charge in [0.1, 0.15) is 5.82 Å². The summed E-state index contributed by atoms with van der Waals surface area (Å²) in [5.74, 6) is -3.53. The average Bonchev–Trinajstić information content (AvgIpc) is 2.50. The highest BCUT2D eigenvalue weighted by molar-refractivity contribution is 14.1. The van der Waals surface area contributed by atoms with E-state index in [1.54, 1.807) is 0 Å². The summed E-state index contributed by atoms with van der Waals surface area (Å²) in [4.78, 5) is 22.8. The van der Waals surface area contributed by atoms with E-state index in [1.165, 1.54) is 5.32 Å². The monoisotopic (exact) mass is 415 g/mol. The Labute approximate surface area is 131 Å². The van der Waals surface area contributed by atoms with Gasteiger partial charge in [0.05, 0.1) is 5.69 Å². The molecule has 0 aromatic heterocycles. The highest BCUT2D eigenvalue weighted by Gasteiger charge is 2.39. The number of Topliss-reactive ketones (excluding diaryl/α,β-unsaturated/α-hetero) is 1. The van der Waals surface area contributed by atoms with E-state index in [0.717, 1.165) is 12.1 Å².